The molecule has 0 aliphatic carbocycles. The number of nitrogens with zero attached hydrogens (tertiary/aromatic N) is 1. The topological polar surface area (TPSA) is 46.3 Å². The van der Waals surface area contributed by atoms with Crippen LogP contribution < -0.4 is 5.73 Å². The van der Waals surface area contributed by atoms with Gasteiger partial charge in [-0.15, -0.1) is 11.3 Å². The van der Waals surface area contributed by atoms with E-state index in [1.165, 1.54) is 22.6 Å². The van der Waals surface area contributed by atoms with Crippen molar-refractivity contribution in [3.8, 4) is 0 Å². The summed E-state index contributed by atoms with van der Waals surface area (Å²) in [5, 5.41) is 0.674. The zero-order valence-electron chi connectivity index (χ0n) is 9.66. The normalized spacial score (nSPS) is 16.4. The zero-order chi connectivity index (χ0) is 11.5. The summed E-state index contributed by atoms with van der Waals surface area (Å²) in [6.07, 6.45) is 4.43. The number of nitrogen functional groups attached to an aromatic ring is 1. The Kier molecular flexibility index (Phi) is 3.49. The number of aryl methyl sites for hydroxylation is 1. The Hall–Kier alpha value is -1.03. The summed E-state index contributed by atoms with van der Waals surface area (Å²) in [6, 6.07) is 1.96. The molecule has 1 aromatic rings. The second-order valence-electron chi connectivity index (χ2n) is 4.20. The summed E-state index contributed by atoms with van der Waals surface area (Å²) in [6.45, 7) is 3.85. The second-order valence-corrected chi connectivity index (χ2v) is 5.37. The van der Waals surface area contributed by atoms with E-state index in [-0.39, 0.29) is 5.91 Å². The third-order valence-corrected chi connectivity index (χ3v) is 4.14. The van der Waals surface area contributed by atoms with E-state index in [1.54, 1.807) is 0 Å². The van der Waals surface area contributed by atoms with Crippen LogP contribution in [0.2, 0.25) is 0 Å². The van der Waals surface area contributed by atoms with Gasteiger partial charge in [-0.25, -0.2) is 0 Å². The number of hydrogen-bond acceptors (Lipinski definition) is 3. The van der Waals surface area contributed by atoms with E-state index in [1.807, 2.05) is 11.0 Å². The number of carbonyl (C=O) groups excluding carboxylic acids is 1. The highest BCUT2D eigenvalue weighted by Gasteiger charge is 2.21. The molecule has 1 saturated heterocycles. The quantitative estimate of drug-likeness (QED) is 0.860. The number of thiophene rings is 1. The molecule has 3 nitrogen and oxygen atoms in total. The first kappa shape index (κ1) is 11.5. The first-order valence-corrected chi connectivity index (χ1v) is 6.71. The highest BCUT2D eigenvalue weighted by molar-refractivity contribution is 7.16. The Morgan fingerprint density at radius 3 is 2.69 bits per heavy atom. The largest absolute Gasteiger partial charge is 0.390 e. The van der Waals surface area contributed by atoms with Gasteiger partial charge in [0.05, 0.1) is 10.6 Å². The minimum atomic E-state index is 0.119. The van der Waals surface area contributed by atoms with Crippen molar-refractivity contribution in [1.82, 2.24) is 4.90 Å². The Morgan fingerprint density at radius 2 is 2.12 bits per heavy atom. The van der Waals surface area contributed by atoms with Crippen molar-refractivity contribution in [2.75, 3.05) is 18.8 Å². The lowest BCUT2D eigenvalue weighted by atomic mass is 10.1. The molecule has 2 N–H and O–H groups in total. The molecule has 2 heterocycles. The Balaban J connectivity index is 2.15. The lowest BCUT2D eigenvalue weighted by Gasteiger charge is -2.26. The van der Waals surface area contributed by atoms with Gasteiger partial charge in [0.1, 0.15) is 0 Å². The van der Waals surface area contributed by atoms with Gasteiger partial charge in [0.25, 0.3) is 5.91 Å². The van der Waals surface area contributed by atoms with Gasteiger partial charge in [0.2, 0.25) is 0 Å². The van der Waals surface area contributed by atoms with Crippen LogP contribution in [0.1, 0.15) is 41.4 Å². The monoisotopic (exact) mass is 238 g/mol. The van der Waals surface area contributed by atoms with Gasteiger partial charge in [-0.05, 0) is 31.7 Å². The fourth-order valence-corrected chi connectivity index (χ4v) is 2.93. The third kappa shape index (κ3) is 2.21. The number of nitrogens with two attached hydrogens (primary N) is 1. The van der Waals surface area contributed by atoms with E-state index in [4.69, 9.17) is 5.73 Å². The van der Waals surface area contributed by atoms with E-state index in [2.05, 4.69) is 6.92 Å². The maximum atomic E-state index is 12.2. The van der Waals surface area contributed by atoms with Crippen molar-refractivity contribution >= 4 is 22.2 Å². The minimum Gasteiger partial charge on any atom is -0.390 e. The summed E-state index contributed by atoms with van der Waals surface area (Å²) in [4.78, 5) is 15.3. The first-order chi connectivity index (χ1) is 7.72. The molecule has 4 heteroatoms. The predicted octanol–water partition coefficient (Wildman–Crippen LogP) is 2.52. The molecule has 1 fully saturated rings. The number of likely N-dealkylation sites (tertiary alicyclic amines) is 1. The van der Waals surface area contributed by atoms with Gasteiger partial charge in [-0.1, -0.05) is 6.92 Å². The van der Waals surface area contributed by atoms with Crippen LogP contribution in [0, 0.1) is 0 Å². The summed E-state index contributed by atoms with van der Waals surface area (Å²) in [5.74, 6) is 0.119. The SMILES string of the molecule is CCc1cc(C(=O)N2CCCCC2)c(N)s1. The maximum Gasteiger partial charge on any atom is 0.256 e. The smallest absolute Gasteiger partial charge is 0.256 e. The van der Waals surface area contributed by atoms with Crippen LogP contribution in [0.5, 0.6) is 0 Å². The second kappa shape index (κ2) is 4.87. The summed E-state index contributed by atoms with van der Waals surface area (Å²) < 4.78 is 0. The van der Waals surface area contributed by atoms with E-state index in [0.29, 0.717) is 10.6 Å². The molecule has 0 atom stereocenters. The number of carbonyl (C=O) groups is 1. The molecule has 0 aromatic carbocycles. The standard InChI is InChI=1S/C12H18N2OS/c1-2-9-8-10(11(13)16-9)12(15)14-6-4-3-5-7-14/h8H,2-7,13H2,1H3. The average Bonchev–Trinajstić information content (AvgIpc) is 2.71. The fourth-order valence-electron chi connectivity index (χ4n) is 2.07. The lowest BCUT2D eigenvalue weighted by molar-refractivity contribution is 0.0726. The molecule has 0 saturated carbocycles. The van der Waals surface area contributed by atoms with Crippen LogP contribution in [0.25, 0.3) is 0 Å². The van der Waals surface area contributed by atoms with Crippen molar-refractivity contribution in [3.63, 3.8) is 0 Å². The van der Waals surface area contributed by atoms with Gasteiger partial charge in [-0.3, -0.25) is 4.79 Å². The number of amides is 1. The third-order valence-electron chi connectivity index (χ3n) is 3.03. The van der Waals surface area contributed by atoms with Gasteiger partial charge < -0.3 is 10.6 Å². The van der Waals surface area contributed by atoms with Crippen molar-refractivity contribution in [1.29, 1.82) is 0 Å². The average molecular weight is 238 g/mol. The summed E-state index contributed by atoms with van der Waals surface area (Å²) >= 11 is 1.54. The van der Waals surface area contributed by atoms with E-state index in [0.717, 1.165) is 32.4 Å². The Bertz CT molecular complexity index is 380. The van der Waals surface area contributed by atoms with E-state index >= 15 is 0 Å². The molecule has 2 rings (SSSR count). The molecule has 1 aromatic heterocycles. The number of rotatable bonds is 2. The first-order valence-electron chi connectivity index (χ1n) is 5.90. The van der Waals surface area contributed by atoms with E-state index < -0.39 is 0 Å². The molecule has 0 spiro atoms. The highest BCUT2D eigenvalue weighted by Crippen LogP contribution is 2.27. The molecule has 16 heavy (non-hydrogen) atoms. The van der Waals surface area contributed by atoms with Crippen molar-refractivity contribution in [3.05, 3.63) is 16.5 Å². The summed E-state index contributed by atoms with van der Waals surface area (Å²) in [7, 11) is 0. The molecule has 88 valence electrons. The Labute approximate surface area is 100 Å². The van der Waals surface area contributed by atoms with Crippen LogP contribution >= 0.6 is 11.3 Å². The molecule has 0 radical (unpaired) electrons. The van der Waals surface area contributed by atoms with Crippen molar-refractivity contribution in [2.24, 2.45) is 0 Å². The van der Waals surface area contributed by atoms with Crippen LogP contribution in [0.15, 0.2) is 6.07 Å². The number of anilines is 1. The molecule has 1 aliphatic rings. The van der Waals surface area contributed by atoms with Gasteiger partial charge in [0.15, 0.2) is 0 Å². The molecule has 1 aliphatic heterocycles. The molecular weight excluding hydrogens is 220 g/mol. The molecule has 0 unspecified atom stereocenters. The fraction of sp³-hybridized carbons (Fsp3) is 0.583. The maximum absolute atomic E-state index is 12.2. The van der Waals surface area contributed by atoms with Crippen LogP contribution in [-0.2, 0) is 6.42 Å². The minimum absolute atomic E-state index is 0.119. The van der Waals surface area contributed by atoms with Crippen LogP contribution in [0.4, 0.5) is 5.00 Å². The number of hydrogen-bond donors (Lipinski definition) is 1. The van der Waals surface area contributed by atoms with Crippen LogP contribution in [-0.4, -0.2) is 23.9 Å². The predicted molar refractivity (Wildman–Crippen MR) is 67.9 cm³/mol. The van der Waals surface area contributed by atoms with Gasteiger partial charge in [-0.2, -0.15) is 0 Å². The van der Waals surface area contributed by atoms with Crippen LogP contribution in [0.3, 0.4) is 0 Å². The van der Waals surface area contributed by atoms with Gasteiger partial charge >= 0.3 is 0 Å². The van der Waals surface area contributed by atoms with Crippen molar-refractivity contribution < 1.29 is 4.79 Å². The zero-order valence-corrected chi connectivity index (χ0v) is 10.5. The van der Waals surface area contributed by atoms with Gasteiger partial charge in [0, 0.05) is 18.0 Å². The van der Waals surface area contributed by atoms with E-state index in [9.17, 15) is 4.79 Å². The molecule has 1 amide bonds. The molecule has 0 bridgehead atoms. The van der Waals surface area contributed by atoms with Crippen molar-refractivity contribution in [2.45, 2.75) is 32.6 Å². The lowest BCUT2D eigenvalue weighted by Crippen LogP contribution is -2.35. The molecular formula is C12H18N2OS. The summed E-state index contributed by atoms with van der Waals surface area (Å²) in [5.41, 5.74) is 6.61. The number of piperidine rings is 1. The highest BCUT2D eigenvalue weighted by atomic mass is 32.1. The Morgan fingerprint density at radius 1 is 1.44 bits per heavy atom.